The van der Waals surface area contributed by atoms with E-state index in [2.05, 4.69) is 10.3 Å². The number of imide groups is 1. The minimum atomic E-state index is -0.766. The number of benzene rings is 4. The van der Waals surface area contributed by atoms with Crippen LogP contribution in [0.15, 0.2) is 97.1 Å². The lowest BCUT2D eigenvalue weighted by atomic mass is 9.89. The van der Waals surface area contributed by atoms with Gasteiger partial charge in [-0.15, -0.1) is 0 Å². The molecule has 2 aliphatic heterocycles. The molecular formula is C34H26ClFN4O3. The lowest BCUT2D eigenvalue weighted by Gasteiger charge is -2.36. The summed E-state index contributed by atoms with van der Waals surface area (Å²) < 4.78 is 13.2. The number of carbonyl (C=O) groups is 3. The summed E-state index contributed by atoms with van der Waals surface area (Å²) in [5.41, 5.74) is 4.85. The summed E-state index contributed by atoms with van der Waals surface area (Å²) >= 11 is 6.39. The molecular weight excluding hydrogens is 567 g/mol. The minimum Gasteiger partial charge on any atom is -0.356 e. The van der Waals surface area contributed by atoms with Crippen LogP contribution >= 0.6 is 11.6 Å². The molecule has 0 aliphatic carbocycles. The third-order valence-corrected chi connectivity index (χ3v) is 8.45. The molecule has 1 aromatic heterocycles. The molecule has 214 valence electrons. The van der Waals surface area contributed by atoms with Crippen LogP contribution in [0.1, 0.15) is 38.8 Å². The second-order valence-corrected chi connectivity index (χ2v) is 11.2. The molecule has 7 rings (SSSR count). The van der Waals surface area contributed by atoms with Gasteiger partial charge >= 0.3 is 6.03 Å². The molecule has 0 spiro atoms. The van der Waals surface area contributed by atoms with Crippen LogP contribution < -0.4 is 10.2 Å². The molecule has 0 saturated carbocycles. The quantitative estimate of drug-likeness (QED) is 0.223. The summed E-state index contributed by atoms with van der Waals surface area (Å²) in [7, 11) is 0. The summed E-state index contributed by atoms with van der Waals surface area (Å²) in [6.07, 6.45) is 0.835. The number of nitrogens with one attached hydrogen (secondary N) is 2. The van der Waals surface area contributed by atoms with E-state index in [0.29, 0.717) is 24.4 Å². The van der Waals surface area contributed by atoms with E-state index in [9.17, 15) is 18.8 Å². The molecule has 9 heteroatoms. The summed E-state index contributed by atoms with van der Waals surface area (Å²) in [4.78, 5) is 48.0. The molecule has 1 fully saturated rings. The van der Waals surface area contributed by atoms with Crippen LogP contribution in [-0.4, -0.2) is 40.3 Å². The van der Waals surface area contributed by atoms with E-state index in [1.807, 2.05) is 42.5 Å². The van der Waals surface area contributed by atoms with E-state index >= 15 is 0 Å². The molecule has 2 N–H and O–H groups in total. The van der Waals surface area contributed by atoms with Gasteiger partial charge in [0.2, 0.25) is 0 Å². The van der Waals surface area contributed by atoms with Crippen LogP contribution in [0.5, 0.6) is 0 Å². The maximum Gasteiger partial charge on any atom is 0.332 e. The third kappa shape index (κ3) is 4.64. The van der Waals surface area contributed by atoms with Gasteiger partial charge in [0.25, 0.3) is 11.8 Å². The highest BCUT2D eigenvalue weighted by Crippen LogP contribution is 2.45. The molecule has 4 amide bonds. The van der Waals surface area contributed by atoms with Gasteiger partial charge in [0, 0.05) is 34.6 Å². The molecule has 1 unspecified atom stereocenters. The van der Waals surface area contributed by atoms with Gasteiger partial charge in [-0.3, -0.25) is 14.5 Å². The molecule has 7 nitrogen and oxygen atoms in total. The van der Waals surface area contributed by atoms with Crippen molar-refractivity contribution < 1.29 is 18.8 Å². The Labute approximate surface area is 251 Å². The molecule has 4 aromatic carbocycles. The predicted molar refractivity (Wildman–Crippen MR) is 163 cm³/mol. The van der Waals surface area contributed by atoms with Crippen molar-refractivity contribution in [1.82, 2.24) is 15.2 Å². The number of hydrogen-bond donors (Lipinski definition) is 2. The van der Waals surface area contributed by atoms with Gasteiger partial charge in [-0.2, -0.15) is 0 Å². The number of aromatic nitrogens is 1. The molecule has 0 radical (unpaired) electrons. The first-order chi connectivity index (χ1) is 20.9. The molecule has 0 bridgehead atoms. The fraction of sp³-hybridized carbons (Fsp3) is 0.147. The molecule has 2 aliphatic rings. The monoisotopic (exact) mass is 592 g/mol. The van der Waals surface area contributed by atoms with Crippen molar-refractivity contribution >= 4 is 46.0 Å². The lowest BCUT2D eigenvalue weighted by Crippen LogP contribution is -2.44. The van der Waals surface area contributed by atoms with Crippen molar-refractivity contribution in [3.05, 3.63) is 136 Å². The standard InChI is InChI=1S/C34H26ClFN4O3/c35-22-7-5-6-21(18-22)31-30-26(24-8-1-3-10-27(24)38-30)19-29-33(42)40(34(43)39(29)31)28-11-4-2-9-25(28)32(41)37-17-16-20-12-14-23(36)15-13-20/h1-15,18,29,31,38H,16-17,19H2,(H,37,41)/t29-,31?/m0/s1. The maximum absolute atomic E-state index is 14.3. The zero-order valence-electron chi connectivity index (χ0n) is 22.9. The number of urea groups is 1. The number of rotatable bonds is 6. The highest BCUT2D eigenvalue weighted by molar-refractivity contribution is 6.30. The van der Waals surface area contributed by atoms with Gasteiger partial charge in [-0.25, -0.2) is 14.1 Å². The van der Waals surface area contributed by atoms with E-state index in [1.54, 1.807) is 47.4 Å². The summed E-state index contributed by atoms with van der Waals surface area (Å²) in [5, 5.41) is 4.40. The van der Waals surface area contributed by atoms with Crippen LogP contribution in [0.2, 0.25) is 5.02 Å². The van der Waals surface area contributed by atoms with Crippen LogP contribution in [-0.2, 0) is 17.6 Å². The van der Waals surface area contributed by atoms with Crippen molar-refractivity contribution in [2.24, 2.45) is 0 Å². The van der Waals surface area contributed by atoms with Crippen molar-refractivity contribution in [3.8, 4) is 0 Å². The van der Waals surface area contributed by atoms with Crippen LogP contribution in [0.3, 0.4) is 0 Å². The maximum atomic E-state index is 14.3. The number of aromatic amines is 1. The summed E-state index contributed by atoms with van der Waals surface area (Å²) in [5.74, 6) is -1.12. The smallest absolute Gasteiger partial charge is 0.332 e. The number of carbonyl (C=O) groups excluding carboxylic acids is 3. The number of H-pyrrole nitrogens is 1. The number of anilines is 1. The number of hydrogen-bond acceptors (Lipinski definition) is 3. The molecule has 3 heterocycles. The zero-order valence-corrected chi connectivity index (χ0v) is 23.6. The van der Waals surface area contributed by atoms with E-state index in [1.165, 1.54) is 12.1 Å². The highest BCUT2D eigenvalue weighted by Gasteiger charge is 2.53. The van der Waals surface area contributed by atoms with Crippen molar-refractivity contribution in [3.63, 3.8) is 0 Å². The largest absolute Gasteiger partial charge is 0.356 e. The van der Waals surface area contributed by atoms with E-state index < -0.39 is 24.0 Å². The Morgan fingerprint density at radius 1 is 0.953 bits per heavy atom. The molecule has 5 aromatic rings. The summed E-state index contributed by atoms with van der Waals surface area (Å²) in [6, 6.07) is 26.1. The lowest BCUT2D eigenvalue weighted by molar-refractivity contribution is -0.120. The van der Waals surface area contributed by atoms with Gasteiger partial charge < -0.3 is 10.3 Å². The Balaban J connectivity index is 1.23. The van der Waals surface area contributed by atoms with Gasteiger partial charge in [0.05, 0.1) is 11.3 Å². The predicted octanol–water partition coefficient (Wildman–Crippen LogP) is 6.42. The van der Waals surface area contributed by atoms with Crippen molar-refractivity contribution in [2.75, 3.05) is 11.4 Å². The Hall–Kier alpha value is -4.95. The highest BCUT2D eigenvalue weighted by atomic mass is 35.5. The van der Waals surface area contributed by atoms with E-state index in [4.69, 9.17) is 11.6 Å². The van der Waals surface area contributed by atoms with E-state index in [0.717, 1.165) is 38.2 Å². The molecule has 43 heavy (non-hydrogen) atoms. The first-order valence-corrected chi connectivity index (χ1v) is 14.4. The van der Waals surface area contributed by atoms with Crippen molar-refractivity contribution in [2.45, 2.75) is 24.9 Å². The molecule has 1 saturated heterocycles. The average molecular weight is 593 g/mol. The fourth-order valence-corrected chi connectivity index (χ4v) is 6.45. The van der Waals surface area contributed by atoms with Crippen LogP contribution in [0.4, 0.5) is 14.9 Å². The number of amides is 4. The topological polar surface area (TPSA) is 85.5 Å². The Kier molecular flexibility index (Phi) is 6.70. The number of halogens is 2. The second kappa shape index (κ2) is 10.7. The number of para-hydroxylation sites is 2. The van der Waals surface area contributed by atoms with Crippen LogP contribution in [0, 0.1) is 5.82 Å². The Morgan fingerprint density at radius 3 is 2.53 bits per heavy atom. The van der Waals surface area contributed by atoms with Gasteiger partial charge in [0.15, 0.2) is 0 Å². The number of fused-ring (bicyclic) bond motifs is 4. The Morgan fingerprint density at radius 2 is 1.72 bits per heavy atom. The first-order valence-electron chi connectivity index (χ1n) is 14.0. The Bertz CT molecular complexity index is 1900. The minimum absolute atomic E-state index is 0.214. The van der Waals surface area contributed by atoms with Crippen LogP contribution in [0.25, 0.3) is 10.9 Å². The summed E-state index contributed by atoms with van der Waals surface area (Å²) in [6.45, 7) is 0.300. The zero-order chi connectivity index (χ0) is 29.7. The van der Waals surface area contributed by atoms with Gasteiger partial charge in [-0.05, 0) is 65.6 Å². The third-order valence-electron chi connectivity index (χ3n) is 8.22. The fourth-order valence-electron chi connectivity index (χ4n) is 6.25. The first kappa shape index (κ1) is 26.9. The van der Waals surface area contributed by atoms with E-state index in [-0.39, 0.29) is 23.0 Å². The average Bonchev–Trinajstić information content (AvgIpc) is 3.51. The van der Waals surface area contributed by atoms with Gasteiger partial charge in [-0.1, -0.05) is 66.2 Å². The normalized spacial score (nSPS) is 17.7. The van der Waals surface area contributed by atoms with Crippen molar-refractivity contribution in [1.29, 1.82) is 0 Å². The van der Waals surface area contributed by atoms with Gasteiger partial charge in [0.1, 0.15) is 17.9 Å². The SMILES string of the molecule is O=C(NCCc1ccc(F)cc1)c1ccccc1N1C(=O)[C@@H]2Cc3c([nH]c4ccccc34)C(c3cccc(Cl)c3)N2C1=O. The second-order valence-electron chi connectivity index (χ2n) is 10.8. The number of nitrogens with zero attached hydrogens (tertiary/aromatic N) is 2. The molecule has 2 atom stereocenters.